The maximum atomic E-state index is 13.4. The number of fused-ring (bicyclic) bond motifs is 1. The summed E-state index contributed by atoms with van der Waals surface area (Å²) in [5, 5.41) is 0. The van der Waals surface area contributed by atoms with Crippen molar-refractivity contribution < 1.29 is 18.7 Å². The molecule has 2 heterocycles. The van der Waals surface area contributed by atoms with Crippen molar-refractivity contribution in [3.05, 3.63) is 29.6 Å². The highest BCUT2D eigenvalue weighted by Gasteiger charge is 2.48. The third-order valence-corrected chi connectivity index (χ3v) is 4.51. The summed E-state index contributed by atoms with van der Waals surface area (Å²) in [6.45, 7) is 4.68. The van der Waals surface area contributed by atoms with E-state index in [1.54, 1.807) is 0 Å². The van der Waals surface area contributed by atoms with E-state index in [4.69, 9.17) is 9.47 Å². The van der Waals surface area contributed by atoms with Crippen LogP contribution >= 0.6 is 0 Å². The highest BCUT2D eigenvalue weighted by atomic mass is 19.1. The molecule has 0 aromatic heterocycles. The fourth-order valence-electron chi connectivity index (χ4n) is 3.24. The minimum Gasteiger partial charge on any atom is -0.486 e. The summed E-state index contributed by atoms with van der Waals surface area (Å²) in [6, 6.07) is 4.13. The van der Waals surface area contributed by atoms with Gasteiger partial charge in [-0.2, -0.15) is 0 Å². The quantitative estimate of drug-likeness (QED) is 0.788. The van der Waals surface area contributed by atoms with E-state index in [1.165, 1.54) is 18.2 Å². The molecule has 0 amide bonds. The molecule has 2 aliphatic heterocycles. The summed E-state index contributed by atoms with van der Waals surface area (Å²) in [7, 11) is 0. The van der Waals surface area contributed by atoms with Crippen LogP contribution in [-0.4, -0.2) is 23.6 Å². The van der Waals surface area contributed by atoms with Crippen LogP contribution in [0.2, 0.25) is 0 Å². The molecule has 1 saturated heterocycles. The van der Waals surface area contributed by atoms with Gasteiger partial charge >= 0.3 is 0 Å². The SMILES string of the molecule is CCC1(C)CC2(CCO1)CC(=O)c1ccc(F)cc1O2. The van der Waals surface area contributed by atoms with E-state index in [2.05, 4.69) is 6.92 Å². The first-order valence-corrected chi connectivity index (χ1v) is 7.11. The zero-order chi connectivity index (χ0) is 14.4. The van der Waals surface area contributed by atoms with Crippen LogP contribution < -0.4 is 4.74 Å². The number of carbonyl (C=O) groups excluding carboxylic acids is 1. The highest BCUT2D eigenvalue weighted by molar-refractivity contribution is 6.00. The first-order valence-electron chi connectivity index (χ1n) is 7.11. The fraction of sp³-hybridized carbons (Fsp3) is 0.562. The van der Waals surface area contributed by atoms with Crippen molar-refractivity contribution in [2.24, 2.45) is 0 Å². The molecule has 2 unspecified atom stereocenters. The van der Waals surface area contributed by atoms with Crippen LogP contribution in [0.3, 0.4) is 0 Å². The van der Waals surface area contributed by atoms with Gasteiger partial charge in [0.25, 0.3) is 0 Å². The Labute approximate surface area is 118 Å². The van der Waals surface area contributed by atoms with Crippen LogP contribution in [-0.2, 0) is 4.74 Å². The fourth-order valence-corrected chi connectivity index (χ4v) is 3.24. The van der Waals surface area contributed by atoms with Gasteiger partial charge < -0.3 is 9.47 Å². The molecule has 0 radical (unpaired) electrons. The van der Waals surface area contributed by atoms with E-state index in [0.29, 0.717) is 37.2 Å². The van der Waals surface area contributed by atoms with Crippen LogP contribution in [0.15, 0.2) is 18.2 Å². The lowest BCUT2D eigenvalue weighted by Crippen LogP contribution is -2.53. The van der Waals surface area contributed by atoms with Gasteiger partial charge in [-0.25, -0.2) is 4.39 Å². The molecule has 1 fully saturated rings. The largest absolute Gasteiger partial charge is 0.486 e. The predicted molar refractivity (Wildman–Crippen MR) is 72.6 cm³/mol. The second kappa shape index (κ2) is 4.55. The van der Waals surface area contributed by atoms with Gasteiger partial charge in [0.05, 0.1) is 24.2 Å². The number of Topliss-reactive ketones (excluding diaryl/α,β-unsaturated/α-hetero) is 1. The van der Waals surface area contributed by atoms with Crippen LogP contribution in [0, 0.1) is 5.82 Å². The molecule has 3 rings (SSSR count). The number of hydrogen-bond donors (Lipinski definition) is 0. The molecule has 20 heavy (non-hydrogen) atoms. The molecule has 2 aliphatic rings. The molecule has 2 atom stereocenters. The number of rotatable bonds is 1. The van der Waals surface area contributed by atoms with Crippen molar-refractivity contribution in [3.63, 3.8) is 0 Å². The van der Waals surface area contributed by atoms with Crippen LogP contribution in [0.4, 0.5) is 4.39 Å². The number of hydrogen-bond acceptors (Lipinski definition) is 3. The standard InChI is InChI=1S/C16H19FO3/c1-3-15(2)10-16(6-7-19-15)9-13(18)12-5-4-11(17)8-14(12)20-16/h4-5,8H,3,6-7,9-10H2,1-2H3. The van der Waals surface area contributed by atoms with Crippen LogP contribution in [0.5, 0.6) is 5.75 Å². The van der Waals surface area contributed by atoms with Gasteiger partial charge in [0.2, 0.25) is 0 Å². The molecule has 1 aromatic carbocycles. The minimum absolute atomic E-state index is 0.0339. The van der Waals surface area contributed by atoms with Gasteiger partial charge in [-0.1, -0.05) is 6.92 Å². The van der Waals surface area contributed by atoms with E-state index in [-0.39, 0.29) is 17.2 Å². The van der Waals surface area contributed by atoms with Gasteiger partial charge in [-0.3, -0.25) is 4.79 Å². The molecule has 0 saturated carbocycles. The Morgan fingerprint density at radius 2 is 2.20 bits per heavy atom. The zero-order valence-electron chi connectivity index (χ0n) is 11.9. The van der Waals surface area contributed by atoms with Crippen LogP contribution in [0.1, 0.15) is 49.9 Å². The third kappa shape index (κ3) is 2.22. The lowest BCUT2D eigenvalue weighted by atomic mass is 9.76. The van der Waals surface area contributed by atoms with Gasteiger partial charge in [0, 0.05) is 18.9 Å². The topological polar surface area (TPSA) is 35.5 Å². The molecule has 0 N–H and O–H groups in total. The third-order valence-electron chi connectivity index (χ3n) is 4.51. The van der Waals surface area contributed by atoms with Gasteiger partial charge in [0.1, 0.15) is 17.2 Å². The number of carbonyl (C=O) groups is 1. The van der Waals surface area contributed by atoms with E-state index in [1.807, 2.05) is 6.92 Å². The Bertz CT molecular complexity index is 557. The summed E-state index contributed by atoms with van der Waals surface area (Å²) in [5.41, 5.74) is -0.328. The number of ketones is 1. The molecule has 1 spiro atoms. The first-order chi connectivity index (χ1) is 9.45. The summed E-state index contributed by atoms with van der Waals surface area (Å²) in [4.78, 5) is 12.3. The number of benzene rings is 1. The van der Waals surface area contributed by atoms with Crippen molar-refractivity contribution in [1.82, 2.24) is 0 Å². The molecule has 4 heteroatoms. The minimum atomic E-state index is -0.541. The molecule has 0 bridgehead atoms. The Hall–Kier alpha value is -1.42. The monoisotopic (exact) mass is 278 g/mol. The smallest absolute Gasteiger partial charge is 0.170 e. The van der Waals surface area contributed by atoms with Crippen molar-refractivity contribution in [3.8, 4) is 5.75 Å². The summed E-state index contributed by atoms with van der Waals surface area (Å²) in [6.07, 6.45) is 2.55. The summed E-state index contributed by atoms with van der Waals surface area (Å²) >= 11 is 0. The van der Waals surface area contributed by atoms with E-state index in [9.17, 15) is 9.18 Å². The van der Waals surface area contributed by atoms with Gasteiger partial charge in [-0.05, 0) is 25.5 Å². The second-order valence-corrected chi connectivity index (χ2v) is 6.10. The van der Waals surface area contributed by atoms with Gasteiger partial charge in [-0.15, -0.1) is 0 Å². The summed E-state index contributed by atoms with van der Waals surface area (Å²) < 4.78 is 25.3. The zero-order valence-corrected chi connectivity index (χ0v) is 11.9. The molecule has 1 aromatic rings. The molecule has 3 nitrogen and oxygen atoms in total. The maximum absolute atomic E-state index is 13.4. The lowest BCUT2D eigenvalue weighted by Gasteiger charge is -2.47. The molecular formula is C16H19FO3. The average Bonchev–Trinajstić information content (AvgIpc) is 2.37. The highest BCUT2D eigenvalue weighted by Crippen LogP contribution is 2.44. The Morgan fingerprint density at radius 1 is 1.40 bits per heavy atom. The van der Waals surface area contributed by atoms with E-state index < -0.39 is 5.60 Å². The first kappa shape index (κ1) is 13.6. The molecular weight excluding hydrogens is 259 g/mol. The van der Waals surface area contributed by atoms with Gasteiger partial charge in [0.15, 0.2) is 5.78 Å². The Balaban J connectivity index is 1.95. The Morgan fingerprint density at radius 3 is 2.95 bits per heavy atom. The summed E-state index contributed by atoms with van der Waals surface area (Å²) in [5.74, 6) is 0.0344. The van der Waals surface area contributed by atoms with E-state index >= 15 is 0 Å². The van der Waals surface area contributed by atoms with Crippen molar-refractivity contribution >= 4 is 5.78 Å². The second-order valence-electron chi connectivity index (χ2n) is 6.10. The molecule has 0 aliphatic carbocycles. The van der Waals surface area contributed by atoms with Crippen molar-refractivity contribution in [1.29, 1.82) is 0 Å². The van der Waals surface area contributed by atoms with Crippen molar-refractivity contribution in [2.45, 2.75) is 50.7 Å². The lowest BCUT2D eigenvalue weighted by molar-refractivity contribution is -0.144. The number of halogens is 1. The molecule has 108 valence electrons. The number of ether oxygens (including phenoxy) is 2. The Kier molecular flexibility index (Phi) is 3.09. The normalized spacial score (nSPS) is 32.9. The predicted octanol–water partition coefficient (Wildman–Crippen LogP) is 3.51. The van der Waals surface area contributed by atoms with Crippen molar-refractivity contribution in [2.75, 3.05) is 6.61 Å². The average molecular weight is 278 g/mol. The van der Waals surface area contributed by atoms with E-state index in [0.717, 1.165) is 6.42 Å². The maximum Gasteiger partial charge on any atom is 0.170 e. The van der Waals surface area contributed by atoms with Crippen LogP contribution in [0.25, 0.3) is 0 Å².